The van der Waals surface area contributed by atoms with Gasteiger partial charge in [0.05, 0.1) is 12.2 Å². The molecule has 0 fully saturated rings. The molecule has 3 aromatic rings. The van der Waals surface area contributed by atoms with E-state index in [-0.39, 0.29) is 17.2 Å². The molecule has 7 nitrogen and oxygen atoms in total. The molecule has 0 unspecified atom stereocenters. The minimum absolute atomic E-state index is 0.190. The molecule has 1 amide bonds. The number of aromatic nitrogens is 4. The van der Waals surface area contributed by atoms with E-state index in [9.17, 15) is 9.59 Å². The molecule has 3 aromatic heterocycles. The van der Waals surface area contributed by atoms with E-state index in [0.717, 1.165) is 23.5 Å². The van der Waals surface area contributed by atoms with Crippen molar-refractivity contribution in [3.63, 3.8) is 0 Å². The molecule has 0 aromatic carbocycles. The van der Waals surface area contributed by atoms with Crippen LogP contribution in [0.2, 0.25) is 0 Å². The van der Waals surface area contributed by atoms with E-state index in [0.29, 0.717) is 13.1 Å². The first-order chi connectivity index (χ1) is 11.2. The molecule has 0 saturated heterocycles. The lowest BCUT2D eigenvalue weighted by molar-refractivity contribution is 0.0943. The molecule has 0 bridgehead atoms. The molecule has 0 saturated carbocycles. The van der Waals surface area contributed by atoms with E-state index in [1.807, 2.05) is 29.1 Å². The molecule has 0 aliphatic carbocycles. The minimum Gasteiger partial charge on any atom is -0.345 e. The molecule has 3 rings (SSSR count). The quantitative estimate of drug-likeness (QED) is 0.745. The Morgan fingerprint density at radius 1 is 1.39 bits per heavy atom. The Hall–Kier alpha value is -2.48. The highest BCUT2D eigenvalue weighted by molar-refractivity contribution is 7.15. The van der Waals surface area contributed by atoms with Crippen LogP contribution in [0.3, 0.4) is 0 Å². The van der Waals surface area contributed by atoms with Crippen molar-refractivity contribution in [3.8, 4) is 0 Å². The standard InChI is InChI=1S/C15H17N5O2S/c1-2-3-6-20-13(21)5-4-12(18-20)14(22)16-9-11-10-19-7-8-23-15(19)17-11/h4-5,7-8,10H,2-3,6,9H2,1H3,(H,16,22). The van der Waals surface area contributed by atoms with E-state index in [4.69, 9.17) is 0 Å². The normalized spacial score (nSPS) is 11.0. The van der Waals surface area contributed by atoms with Gasteiger partial charge in [0.15, 0.2) is 4.96 Å². The number of carbonyl (C=O) groups excluding carboxylic acids is 1. The lowest BCUT2D eigenvalue weighted by atomic mass is 10.3. The summed E-state index contributed by atoms with van der Waals surface area (Å²) in [6, 6.07) is 2.83. The predicted octanol–water partition coefficient (Wildman–Crippen LogP) is 1.68. The van der Waals surface area contributed by atoms with Crippen LogP contribution in [-0.4, -0.2) is 25.1 Å². The smallest absolute Gasteiger partial charge is 0.272 e. The molecule has 3 heterocycles. The molecular weight excluding hydrogens is 314 g/mol. The predicted molar refractivity (Wildman–Crippen MR) is 87.6 cm³/mol. The first-order valence-corrected chi connectivity index (χ1v) is 8.33. The average molecular weight is 331 g/mol. The number of imidazole rings is 1. The summed E-state index contributed by atoms with van der Waals surface area (Å²) < 4.78 is 3.25. The number of rotatable bonds is 6. The maximum Gasteiger partial charge on any atom is 0.272 e. The van der Waals surface area contributed by atoms with E-state index in [1.54, 1.807) is 0 Å². The van der Waals surface area contributed by atoms with Gasteiger partial charge >= 0.3 is 0 Å². The summed E-state index contributed by atoms with van der Waals surface area (Å²) in [6.07, 6.45) is 5.61. The minimum atomic E-state index is -0.313. The van der Waals surface area contributed by atoms with E-state index >= 15 is 0 Å². The zero-order valence-electron chi connectivity index (χ0n) is 12.7. The monoisotopic (exact) mass is 331 g/mol. The SMILES string of the molecule is CCCCn1nc(C(=O)NCc2cn3ccsc3n2)ccc1=O. The van der Waals surface area contributed by atoms with Crippen molar-refractivity contribution >= 4 is 22.2 Å². The fourth-order valence-electron chi connectivity index (χ4n) is 2.16. The Bertz CT molecular complexity index is 851. The van der Waals surface area contributed by atoms with Gasteiger partial charge in [0, 0.05) is 30.4 Å². The Morgan fingerprint density at radius 3 is 3.04 bits per heavy atom. The van der Waals surface area contributed by atoms with Crippen LogP contribution in [0.25, 0.3) is 4.96 Å². The molecule has 8 heteroatoms. The second-order valence-electron chi connectivity index (χ2n) is 5.14. The molecule has 1 N–H and O–H groups in total. The highest BCUT2D eigenvalue weighted by atomic mass is 32.1. The van der Waals surface area contributed by atoms with Crippen LogP contribution >= 0.6 is 11.3 Å². The first kappa shape index (κ1) is 15.4. The molecule has 0 radical (unpaired) electrons. The molecule has 0 aliphatic rings. The van der Waals surface area contributed by atoms with Gasteiger partial charge in [0.2, 0.25) is 0 Å². The summed E-state index contributed by atoms with van der Waals surface area (Å²) >= 11 is 1.54. The Labute approximate surface area is 136 Å². The maximum absolute atomic E-state index is 12.2. The molecular formula is C15H17N5O2S. The Morgan fingerprint density at radius 2 is 2.26 bits per heavy atom. The lowest BCUT2D eigenvalue weighted by Gasteiger charge is -2.06. The second-order valence-corrected chi connectivity index (χ2v) is 6.01. The van der Waals surface area contributed by atoms with Gasteiger partial charge in [0.25, 0.3) is 11.5 Å². The Kier molecular flexibility index (Phi) is 4.52. The summed E-state index contributed by atoms with van der Waals surface area (Å²) in [6.45, 7) is 2.88. The summed E-state index contributed by atoms with van der Waals surface area (Å²) in [5.41, 5.74) is 0.829. The van der Waals surface area contributed by atoms with Crippen LogP contribution in [0, 0.1) is 0 Å². The van der Waals surface area contributed by atoms with Crippen molar-refractivity contribution in [2.24, 2.45) is 0 Å². The number of nitrogens with zero attached hydrogens (tertiary/aromatic N) is 4. The van der Waals surface area contributed by atoms with Crippen molar-refractivity contribution in [1.82, 2.24) is 24.5 Å². The van der Waals surface area contributed by atoms with Crippen LogP contribution in [0.4, 0.5) is 0 Å². The van der Waals surface area contributed by atoms with Gasteiger partial charge in [-0.2, -0.15) is 5.10 Å². The topological polar surface area (TPSA) is 81.3 Å². The summed E-state index contributed by atoms with van der Waals surface area (Å²) in [5.74, 6) is -0.313. The van der Waals surface area contributed by atoms with Crippen LogP contribution in [0.1, 0.15) is 35.9 Å². The third-order valence-electron chi connectivity index (χ3n) is 3.40. The van der Waals surface area contributed by atoms with Crippen molar-refractivity contribution < 1.29 is 4.79 Å². The van der Waals surface area contributed by atoms with Crippen molar-refractivity contribution in [2.45, 2.75) is 32.9 Å². The van der Waals surface area contributed by atoms with Gasteiger partial charge in [-0.1, -0.05) is 13.3 Å². The second kappa shape index (κ2) is 6.74. The van der Waals surface area contributed by atoms with Crippen molar-refractivity contribution in [1.29, 1.82) is 0 Å². The Balaban J connectivity index is 1.67. The van der Waals surface area contributed by atoms with Crippen molar-refractivity contribution in [3.05, 3.63) is 51.6 Å². The molecule has 120 valence electrons. The zero-order chi connectivity index (χ0) is 16.2. The first-order valence-electron chi connectivity index (χ1n) is 7.45. The number of unbranched alkanes of at least 4 members (excludes halogenated alkanes) is 1. The molecule has 0 aliphatic heterocycles. The number of amides is 1. The summed E-state index contributed by atoms with van der Waals surface area (Å²) in [7, 11) is 0. The number of fused-ring (bicyclic) bond motifs is 1. The van der Waals surface area contributed by atoms with E-state index in [2.05, 4.69) is 15.4 Å². The van der Waals surface area contributed by atoms with Crippen LogP contribution in [0.5, 0.6) is 0 Å². The zero-order valence-corrected chi connectivity index (χ0v) is 13.5. The van der Waals surface area contributed by atoms with Gasteiger partial charge in [-0.3, -0.25) is 14.0 Å². The lowest BCUT2D eigenvalue weighted by Crippen LogP contribution is -2.29. The molecule has 0 atom stereocenters. The van der Waals surface area contributed by atoms with Gasteiger partial charge in [0.1, 0.15) is 5.69 Å². The summed E-state index contributed by atoms with van der Waals surface area (Å²) in [4.78, 5) is 29.2. The fraction of sp³-hybridized carbons (Fsp3) is 0.333. The number of carbonyl (C=O) groups is 1. The number of hydrogen-bond donors (Lipinski definition) is 1. The fourth-order valence-corrected chi connectivity index (χ4v) is 2.88. The highest BCUT2D eigenvalue weighted by Gasteiger charge is 2.10. The molecule has 0 spiro atoms. The summed E-state index contributed by atoms with van der Waals surface area (Å²) in [5, 5.41) is 8.86. The maximum atomic E-state index is 12.2. The van der Waals surface area contributed by atoms with Gasteiger partial charge < -0.3 is 5.32 Å². The number of aryl methyl sites for hydroxylation is 1. The van der Waals surface area contributed by atoms with Crippen molar-refractivity contribution in [2.75, 3.05) is 0 Å². The van der Waals surface area contributed by atoms with Gasteiger partial charge in [-0.25, -0.2) is 9.67 Å². The third-order valence-corrected chi connectivity index (χ3v) is 4.17. The van der Waals surface area contributed by atoms with Crippen LogP contribution in [-0.2, 0) is 13.1 Å². The highest BCUT2D eigenvalue weighted by Crippen LogP contribution is 2.11. The van der Waals surface area contributed by atoms with Crippen LogP contribution in [0.15, 0.2) is 34.7 Å². The largest absolute Gasteiger partial charge is 0.345 e. The number of nitrogens with one attached hydrogen (secondary N) is 1. The van der Waals surface area contributed by atoms with E-state index < -0.39 is 0 Å². The van der Waals surface area contributed by atoms with Gasteiger partial charge in [-0.15, -0.1) is 11.3 Å². The van der Waals surface area contributed by atoms with Gasteiger partial charge in [-0.05, 0) is 12.5 Å². The number of thiazole rings is 1. The van der Waals surface area contributed by atoms with Crippen LogP contribution < -0.4 is 10.9 Å². The molecule has 23 heavy (non-hydrogen) atoms. The van der Waals surface area contributed by atoms with E-state index in [1.165, 1.54) is 28.2 Å². The number of hydrogen-bond acceptors (Lipinski definition) is 5. The third kappa shape index (κ3) is 3.48. The average Bonchev–Trinajstić information content (AvgIpc) is 3.13.